The first-order valence-electron chi connectivity index (χ1n) is 7.14. The Labute approximate surface area is 125 Å². The van der Waals surface area contributed by atoms with E-state index in [0.717, 1.165) is 17.7 Å². The highest BCUT2D eigenvalue weighted by molar-refractivity contribution is 5.79. The minimum Gasteiger partial charge on any atom is -0.355 e. The number of hydrogen-bond donors (Lipinski definition) is 2. The van der Waals surface area contributed by atoms with Gasteiger partial charge in [-0.05, 0) is 11.6 Å². The fourth-order valence-electron chi connectivity index (χ4n) is 2.20. The number of rotatable bonds is 6. The van der Waals surface area contributed by atoms with Crippen molar-refractivity contribution in [3.8, 4) is 0 Å². The van der Waals surface area contributed by atoms with Crippen LogP contribution in [0.15, 0.2) is 42.6 Å². The van der Waals surface area contributed by atoms with Crippen LogP contribution in [0.1, 0.15) is 24.2 Å². The van der Waals surface area contributed by atoms with Gasteiger partial charge in [0.25, 0.3) is 0 Å². The number of aromatic nitrogens is 2. The van der Waals surface area contributed by atoms with Crippen molar-refractivity contribution in [3.05, 3.63) is 53.9 Å². The highest BCUT2D eigenvalue weighted by atomic mass is 16.1. The van der Waals surface area contributed by atoms with E-state index in [1.807, 2.05) is 56.6 Å². The van der Waals surface area contributed by atoms with Crippen molar-refractivity contribution in [2.24, 2.45) is 18.7 Å². The standard InChI is InChI=1S/C16H22N4O/c1-12(15(17)13-6-4-3-5-7-13)16(21)18-10-8-14-9-11-20(2)19-14/h3-7,9,11-12,15H,8,10,17H2,1-2H3,(H,18,21). The van der Waals surface area contributed by atoms with Crippen LogP contribution in [-0.2, 0) is 18.3 Å². The smallest absolute Gasteiger partial charge is 0.224 e. The molecule has 0 spiro atoms. The van der Waals surface area contributed by atoms with Crippen molar-refractivity contribution in [1.82, 2.24) is 15.1 Å². The van der Waals surface area contributed by atoms with Gasteiger partial charge in [0.15, 0.2) is 0 Å². The Hall–Kier alpha value is -2.14. The van der Waals surface area contributed by atoms with Crippen molar-refractivity contribution in [3.63, 3.8) is 0 Å². The van der Waals surface area contributed by atoms with Gasteiger partial charge < -0.3 is 11.1 Å². The summed E-state index contributed by atoms with van der Waals surface area (Å²) in [6.45, 7) is 2.43. The Morgan fingerprint density at radius 2 is 2.05 bits per heavy atom. The Bertz CT molecular complexity index is 579. The maximum atomic E-state index is 12.1. The number of nitrogens with zero attached hydrogens (tertiary/aromatic N) is 2. The molecule has 0 saturated heterocycles. The SMILES string of the molecule is CC(C(=O)NCCc1ccn(C)n1)C(N)c1ccccc1. The van der Waals surface area contributed by atoms with E-state index < -0.39 is 0 Å². The van der Waals surface area contributed by atoms with E-state index in [9.17, 15) is 4.79 Å². The zero-order valence-corrected chi connectivity index (χ0v) is 12.5. The molecule has 0 radical (unpaired) electrons. The van der Waals surface area contributed by atoms with Gasteiger partial charge in [-0.1, -0.05) is 37.3 Å². The molecule has 0 aliphatic heterocycles. The molecule has 2 aromatic rings. The summed E-state index contributed by atoms with van der Waals surface area (Å²) in [5, 5.41) is 7.20. The average molecular weight is 286 g/mol. The Morgan fingerprint density at radius 3 is 2.67 bits per heavy atom. The molecule has 0 fully saturated rings. The third kappa shape index (κ3) is 4.16. The molecular formula is C16H22N4O. The van der Waals surface area contributed by atoms with Gasteiger partial charge >= 0.3 is 0 Å². The summed E-state index contributed by atoms with van der Waals surface area (Å²) in [7, 11) is 1.88. The first-order chi connectivity index (χ1) is 10.1. The molecule has 0 saturated carbocycles. The predicted molar refractivity (Wildman–Crippen MR) is 82.5 cm³/mol. The average Bonchev–Trinajstić information content (AvgIpc) is 2.92. The van der Waals surface area contributed by atoms with Crippen molar-refractivity contribution in [2.75, 3.05) is 6.54 Å². The highest BCUT2D eigenvalue weighted by Gasteiger charge is 2.21. The van der Waals surface area contributed by atoms with Crippen LogP contribution in [0.25, 0.3) is 0 Å². The summed E-state index contributed by atoms with van der Waals surface area (Å²) in [5.41, 5.74) is 8.10. The summed E-state index contributed by atoms with van der Waals surface area (Å²) in [6, 6.07) is 11.4. The lowest BCUT2D eigenvalue weighted by atomic mass is 9.94. The largest absolute Gasteiger partial charge is 0.355 e. The topological polar surface area (TPSA) is 72.9 Å². The first kappa shape index (κ1) is 15.3. The van der Waals surface area contributed by atoms with Gasteiger partial charge in [0.05, 0.1) is 11.6 Å². The number of hydrogen-bond acceptors (Lipinski definition) is 3. The minimum absolute atomic E-state index is 0.0257. The zero-order valence-electron chi connectivity index (χ0n) is 12.5. The molecule has 2 rings (SSSR count). The summed E-state index contributed by atoms with van der Waals surface area (Å²) < 4.78 is 1.76. The van der Waals surface area contributed by atoms with Crippen LogP contribution in [-0.4, -0.2) is 22.2 Å². The van der Waals surface area contributed by atoms with Crippen molar-refractivity contribution in [1.29, 1.82) is 0 Å². The lowest BCUT2D eigenvalue weighted by molar-refractivity contribution is -0.125. The molecule has 1 aromatic heterocycles. The molecule has 0 aliphatic carbocycles. The number of amides is 1. The second kappa shape index (κ2) is 7.04. The van der Waals surface area contributed by atoms with Crippen LogP contribution < -0.4 is 11.1 Å². The van der Waals surface area contributed by atoms with Gasteiger partial charge in [-0.2, -0.15) is 5.10 Å². The third-order valence-electron chi connectivity index (χ3n) is 3.59. The summed E-state index contributed by atoms with van der Waals surface area (Å²) in [4.78, 5) is 12.1. The number of nitrogens with one attached hydrogen (secondary N) is 1. The van der Waals surface area contributed by atoms with Gasteiger partial charge in [-0.15, -0.1) is 0 Å². The predicted octanol–water partition coefficient (Wildman–Crippen LogP) is 1.41. The van der Waals surface area contributed by atoms with Gasteiger partial charge in [-0.3, -0.25) is 9.48 Å². The second-order valence-electron chi connectivity index (χ2n) is 5.25. The fraction of sp³-hybridized carbons (Fsp3) is 0.375. The number of nitrogens with two attached hydrogens (primary N) is 1. The fourth-order valence-corrected chi connectivity index (χ4v) is 2.20. The van der Waals surface area contributed by atoms with E-state index in [-0.39, 0.29) is 17.9 Å². The van der Waals surface area contributed by atoms with E-state index in [1.54, 1.807) is 4.68 Å². The molecule has 1 aromatic carbocycles. The monoisotopic (exact) mass is 286 g/mol. The molecule has 3 N–H and O–H groups in total. The number of aryl methyl sites for hydroxylation is 1. The molecule has 21 heavy (non-hydrogen) atoms. The third-order valence-corrected chi connectivity index (χ3v) is 3.59. The lowest BCUT2D eigenvalue weighted by Gasteiger charge is -2.19. The van der Waals surface area contributed by atoms with Gasteiger partial charge in [0, 0.05) is 32.3 Å². The molecule has 1 amide bonds. The molecule has 0 aliphatic rings. The molecule has 5 nitrogen and oxygen atoms in total. The van der Waals surface area contributed by atoms with Crippen LogP contribution in [0, 0.1) is 5.92 Å². The van der Waals surface area contributed by atoms with Gasteiger partial charge in [-0.25, -0.2) is 0 Å². The molecule has 2 atom stereocenters. The molecule has 5 heteroatoms. The molecule has 112 valence electrons. The number of carbonyl (C=O) groups excluding carboxylic acids is 1. The summed E-state index contributed by atoms with van der Waals surface area (Å²) in [5.74, 6) is -0.293. The maximum Gasteiger partial charge on any atom is 0.224 e. The quantitative estimate of drug-likeness (QED) is 0.843. The van der Waals surface area contributed by atoms with E-state index in [4.69, 9.17) is 5.73 Å². The van der Waals surface area contributed by atoms with E-state index in [0.29, 0.717) is 6.54 Å². The summed E-state index contributed by atoms with van der Waals surface area (Å²) in [6.07, 6.45) is 2.62. The normalized spacial score (nSPS) is 13.7. The van der Waals surface area contributed by atoms with Crippen molar-refractivity contribution < 1.29 is 4.79 Å². The first-order valence-corrected chi connectivity index (χ1v) is 7.14. The van der Waals surface area contributed by atoms with E-state index >= 15 is 0 Å². The molecular weight excluding hydrogens is 264 g/mol. The Kier molecular flexibility index (Phi) is 5.11. The minimum atomic E-state index is -0.291. The highest BCUT2D eigenvalue weighted by Crippen LogP contribution is 2.18. The molecule has 0 bridgehead atoms. The van der Waals surface area contributed by atoms with Gasteiger partial charge in [0.1, 0.15) is 0 Å². The van der Waals surface area contributed by atoms with Gasteiger partial charge in [0.2, 0.25) is 5.91 Å². The maximum absolute atomic E-state index is 12.1. The summed E-state index contributed by atoms with van der Waals surface area (Å²) >= 11 is 0. The Balaban J connectivity index is 1.82. The zero-order chi connectivity index (χ0) is 15.2. The van der Waals surface area contributed by atoms with Crippen LogP contribution in [0.2, 0.25) is 0 Å². The Morgan fingerprint density at radius 1 is 1.33 bits per heavy atom. The molecule has 2 unspecified atom stereocenters. The van der Waals surface area contributed by atoms with Crippen LogP contribution in [0.4, 0.5) is 0 Å². The van der Waals surface area contributed by atoms with E-state index in [1.165, 1.54) is 0 Å². The second-order valence-corrected chi connectivity index (χ2v) is 5.25. The van der Waals surface area contributed by atoms with Crippen LogP contribution in [0.5, 0.6) is 0 Å². The van der Waals surface area contributed by atoms with Crippen molar-refractivity contribution >= 4 is 5.91 Å². The number of benzene rings is 1. The molecule has 1 heterocycles. The lowest BCUT2D eigenvalue weighted by Crippen LogP contribution is -2.36. The van der Waals surface area contributed by atoms with Crippen LogP contribution >= 0.6 is 0 Å². The van der Waals surface area contributed by atoms with E-state index in [2.05, 4.69) is 10.4 Å². The number of carbonyl (C=O) groups is 1. The van der Waals surface area contributed by atoms with Crippen LogP contribution in [0.3, 0.4) is 0 Å². The van der Waals surface area contributed by atoms with Crippen molar-refractivity contribution in [2.45, 2.75) is 19.4 Å².